The molecule has 5 nitrogen and oxygen atoms in total. The lowest BCUT2D eigenvalue weighted by Gasteiger charge is -2.14. The van der Waals surface area contributed by atoms with E-state index in [-0.39, 0.29) is 11.5 Å². The zero-order valence-corrected chi connectivity index (χ0v) is 12.1. The molecule has 1 aromatic heterocycles. The van der Waals surface area contributed by atoms with Crippen LogP contribution >= 0.6 is 0 Å². The quantitative estimate of drug-likeness (QED) is 0.903. The molecule has 0 bridgehead atoms. The number of nitrogen functional groups attached to an aromatic ring is 1. The first kappa shape index (κ1) is 14.7. The lowest BCUT2D eigenvalue weighted by atomic mass is 10.1. The smallest absolute Gasteiger partial charge is 0.143 e. The van der Waals surface area contributed by atoms with Gasteiger partial charge in [0.25, 0.3) is 0 Å². The fourth-order valence-corrected chi connectivity index (χ4v) is 1.80. The van der Waals surface area contributed by atoms with Crippen LogP contribution in [0.25, 0.3) is 0 Å². The van der Waals surface area contributed by atoms with Gasteiger partial charge in [-0.3, -0.25) is 0 Å². The summed E-state index contributed by atoms with van der Waals surface area (Å²) in [5, 5.41) is 12.0. The predicted molar refractivity (Wildman–Crippen MR) is 79.7 cm³/mol. The van der Waals surface area contributed by atoms with Crippen LogP contribution < -0.4 is 11.1 Å². The summed E-state index contributed by atoms with van der Waals surface area (Å²) >= 11 is 0. The number of nitriles is 1. The molecule has 0 fully saturated rings. The van der Waals surface area contributed by atoms with Gasteiger partial charge in [-0.15, -0.1) is 0 Å². The largest absolute Gasteiger partial charge is 0.383 e. The van der Waals surface area contributed by atoms with Gasteiger partial charge in [-0.1, -0.05) is 19.9 Å². The van der Waals surface area contributed by atoms with E-state index in [9.17, 15) is 4.39 Å². The lowest BCUT2D eigenvalue weighted by Crippen LogP contribution is -2.09. The second-order valence-corrected chi connectivity index (χ2v) is 4.99. The summed E-state index contributed by atoms with van der Waals surface area (Å²) in [4.78, 5) is 8.62. The number of hydrogen-bond donors (Lipinski definition) is 2. The van der Waals surface area contributed by atoms with Gasteiger partial charge in [0.2, 0.25) is 0 Å². The Bertz CT molecular complexity index is 719. The molecule has 0 saturated heterocycles. The number of benzene rings is 1. The Kier molecular flexibility index (Phi) is 4.03. The van der Waals surface area contributed by atoms with Crippen molar-refractivity contribution < 1.29 is 4.39 Å². The van der Waals surface area contributed by atoms with Gasteiger partial charge >= 0.3 is 0 Å². The summed E-state index contributed by atoms with van der Waals surface area (Å²) in [7, 11) is 0. The molecule has 2 aromatic rings. The minimum Gasteiger partial charge on any atom is -0.383 e. The van der Waals surface area contributed by atoms with Crippen molar-refractivity contribution in [3.8, 4) is 6.07 Å². The molecule has 0 spiro atoms. The summed E-state index contributed by atoms with van der Waals surface area (Å²) in [5.41, 5.74) is 6.84. The summed E-state index contributed by atoms with van der Waals surface area (Å²) in [6.07, 6.45) is 0. The number of halogens is 1. The van der Waals surface area contributed by atoms with Crippen molar-refractivity contribution in [2.24, 2.45) is 0 Å². The van der Waals surface area contributed by atoms with Crippen molar-refractivity contribution in [1.82, 2.24) is 9.97 Å². The minimum atomic E-state index is -0.578. The molecule has 0 atom stereocenters. The Labute approximate surface area is 122 Å². The summed E-state index contributed by atoms with van der Waals surface area (Å²) in [6, 6.07) is 6.23. The molecule has 2 rings (SSSR count). The van der Waals surface area contributed by atoms with E-state index in [1.807, 2.05) is 19.9 Å². The van der Waals surface area contributed by atoms with Crippen LogP contribution in [0.5, 0.6) is 0 Å². The van der Waals surface area contributed by atoms with Crippen LogP contribution in [0.3, 0.4) is 0 Å². The van der Waals surface area contributed by atoms with Crippen LogP contribution in [0.1, 0.15) is 36.7 Å². The van der Waals surface area contributed by atoms with Crippen molar-refractivity contribution in [3.63, 3.8) is 0 Å². The molecule has 1 aromatic carbocycles. The molecule has 3 N–H and O–H groups in total. The summed E-state index contributed by atoms with van der Waals surface area (Å²) in [5.74, 6) is 0.970. The Hall–Kier alpha value is -2.68. The number of nitrogens with two attached hydrogens (primary N) is 1. The molecule has 21 heavy (non-hydrogen) atoms. The molecule has 1 heterocycles. The lowest BCUT2D eigenvalue weighted by molar-refractivity contribution is 0.624. The molecule has 108 valence electrons. The maximum absolute atomic E-state index is 13.6. The van der Waals surface area contributed by atoms with Gasteiger partial charge in [0.05, 0.1) is 5.69 Å². The van der Waals surface area contributed by atoms with Crippen LogP contribution in [0.4, 0.5) is 21.7 Å². The second kappa shape index (κ2) is 5.75. The van der Waals surface area contributed by atoms with Crippen LogP contribution in [0.15, 0.2) is 18.2 Å². The molecule has 0 amide bonds. The molecule has 6 heteroatoms. The van der Waals surface area contributed by atoms with Crippen molar-refractivity contribution in [3.05, 3.63) is 41.0 Å². The van der Waals surface area contributed by atoms with E-state index in [1.165, 1.54) is 12.1 Å². The number of nitrogens with zero attached hydrogens (tertiary/aromatic N) is 3. The molecule has 0 aliphatic carbocycles. The van der Waals surface area contributed by atoms with Gasteiger partial charge in [-0.2, -0.15) is 5.26 Å². The van der Waals surface area contributed by atoms with Crippen molar-refractivity contribution >= 4 is 17.3 Å². The zero-order valence-electron chi connectivity index (χ0n) is 12.1. The van der Waals surface area contributed by atoms with Gasteiger partial charge in [0.15, 0.2) is 0 Å². The molecular formula is C15H16FN5. The van der Waals surface area contributed by atoms with Crippen LogP contribution in [0.2, 0.25) is 0 Å². The number of anilines is 3. The summed E-state index contributed by atoms with van der Waals surface area (Å²) in [6.45, 7) is 5.68. The SMILES string of the molecule is Cc1c(N)nc(C(C)C)nc1Nc1cccc(F)c1C#N. The second-order valence-electron chi connectivity index (χ2n) is 4.99. The minimum absolute atomic E-state index is 0.0554. The molecule has 0 unspecified atom stereocenters. The number of aromatic nitrogens is 2. The van der Waals surface area contributed by atoms with E-state index in [0.717, 1.165) is 0 Å². The maximum atomic E-state index is 13.6. The Morgan fingerprint density at radius 3 is 2.67 bits per heavy atom. The van der Waals surface area contributed by atoms with E-state index in [0.29, 0.717) is 28.7 Å². The van der Waals surface area contributed by atoms with Gasteiger partial charge in [0.1, 0.15) is 34.9 Å². The first-order chi connectivity index (χ1) is 9.93. The highest BCUT2D eigenvalue weighted by Gasteiger charge is 2.14. The van der Waals surface area contributed by atoms with Gasteiger partial charge in [-0.25, -0.2) is 14.4 Å². The average molecular weight is 285 g/mol. The maximum Gasteiger partial charge on any atom is 0.143 e. The van der Waals surface area contributed by atoms with Gasteiger partial charge < -0.3 is 11.1 Å². The molecular weight excluding hydrogens is 269 g/mol. The third-order valence-electron chi connectivity index (χ3n) is 3.10. The van der Waals surface area contributed by atoms with E-state index < -0.39 is 5.82 Å². The zero-order chi connectivity index (χ0) is 15.6. The highest BCUT2D eigenvalue weighted by molar-refractivity contribution is 5.68. The molecule has 0 radical (unpaired) electrons. The van der Waals surface area contributed by atoms with E-state index >= 15 is 0 Å². The van der Waals surface area contributed by atoms with Crippen LogP contribution in [-0.2, 0) is 0 Å². The highest BCUT2D eigenvalue weighted by Crippen LogP contribution is 2.26. The first-order valence-corrected chi connectivity index (χ1v) is 6.53. The van der Waals surface area contributed by atoms with Crippen molar-refractivity contribution in [1.29, 1.82) is 5.26 Å². The van der Waals surface area contributed by atoms with E-state index in [2.05, 4.69) is 15.3 Å². The van der Waals surface area contributed by atoms with Crippen molar-refractivity contribution in [2.45, 2.75) is 26.7 Å². The highest BCUT2D eigenvalue weighted by atomic mass is 19.1. The number of nitrogens with one attached hydrogen (secondary N) is 1. The standard InChI is InChI=1S/C15H16FN5/c1-8(2)14-20-13(18)9(3)15(21-14)19-12-6-4-5-11(16)10(12)7-17/h4-6,8H,1-3H3,(H3,18,19,20,21). The van der Waals surface area contributed by atoms with E-state index in [4.69, 9.17) is 11.0 Å². The molecule has 0 aliphatic rings. The topological polar surface area (TPSA) is 87.6 Å². The van der Waals surface area contributed by atoms with Crippen LogP contribution in [0, 0.1) is 24.1 Å². The first-order valence-electron chi connectivity index (χ1n) is 6.53. The molecule has 0 saturated carbocycles. The average Bonchev–Trinajstić information content (AvgIpc) is 2.43. The Morgan fingerprint density at radius 2 is 2.05 bits per heavy atom. The van der Waals surface area contributed by atoms with E-state index in [1.54, 1.807) is 13.0 Å². The third kappa shape index (κ3) is 2.92. The Balaban J connectivity index is 2.50. The van der Waals surface area contributed by atoms with Crippen molar-refractivity contribution in [2.75, 3.05) is 11.1 Å². The number of hydrogen-bond acceptors (Lipinski definition) is 5. The van der Waals surface area contributed by atoms with Gasteiger partial charge in [-0.05, 0) is 19.1 Å². The fourth-order valence-electron chi connectivity index (χ4n) is 1.80. The molecule has 0 aliphatic heterocycles. The van der Waals surface area contributed by atoms with Crippen LogP contribution in [-0.4, -0.2) is 9.97 Å². The van der Waals surface area contributed by atoms with Gasteiger partial charge in [0, 0.05) is 11.5 Å². The number of rotatable bonds is 3. The monoisotopic (exact) mass is 285 g/mol. The predicted octanol–water partition coefficient (Wildman–Crippen LogP) is 3.25. The summed E-state index contributed by atoms with van der Waals surface area (Å²) < 4.78 is 13.6. The third-order valence-corrected chi connectivity index (χ3v) is 3.10. The fraction of sp³-hybridized carbons (Fsp3) is 0.267. The normalized spacial score (nSPS) is 10.5. The Morgan fingerprint density at radius 1 is 1.33 bits per heavy atom.